The molecule has 2 heterocycles. The summed E-state index contributed by atoms with van der Waals surface area (Å²) < 4.78 is 10.7. The zero-order valence-electron chi connectivity index (χ0n) is 16.1. The van der Waals surface area contributed by atoms with Crippen LogP contribution in [0.4, 0.5) is 0 Å². The summed E-state index contributed by atoms with van der Waals surface area (Å²) in [5.74, 6) is 0.100. The molecule has 0 atom stereocenters. The van der Waals surface area contributed by atoms with Gasteiger partial charge in [0.15, 0.2) is 0 Å². The number of aryl methyl sites for hydroxylation is 1. The third-order valence-corrected chi connectivity index (χ3v) is 4.91. The Morgan fingerprint density at radius 1 is 1.11 bits per heavy atom. The van der Waals surface area contributed by atoms with Crippen molar-refractivity contribution in [1.82, 2.24) is 15.5 Å². The highest BCUT2D eigenvalue weighted by Gasteiger charge is 2.17. The van der Waals surface area contributed by atoms with Gasteiger partial charge in [0.25, 0.3) is 17.0 Å². The van der Waals surface area contributed by atoms with Gasteiger partial charge in [0.05, 0.1) is 17.6 Å². The summed E-state index contributed by atoms with van der Waals surface area (Å²) in [6, 6.07) is 8.95. The summed E-state index contributed by atoms with van der Waals surface area (Å²) in [6.45, 7) is 8.08. The average molecular weight is 399 g/mol. The summed E-state index contributed by atoms with van der Waals surface area (Å²) >= 11 is 1.06. The van der Waals surface area contributed by atoms with Gasteiger partial charge in [-0.05, 0) is 36.1 Å². The van der Waals surface area contributed by atoms with Crippen LogP contribution in [-0.2, 0) is 10.2 Å². The van der Waals surface area contributed by atoms with E-state index in [4.69, 9.17) is 8.83 Å². The van der Waals surface area contributed by atoms with E-state index in [1.165, 1.54) is 6.26 Å². The maximum atomic E-state index is 12.2. The molecule has 0 saturated heterocycles. The maximum absolute atomic E-state index is 12.2. The lowest BCUT2D eigenvalue weighted by atomic mass is 9.87. The first-order valence-electron chi connectivity index (χ1n) is 8.69. The Bertz CT molecular complexity index is 984. The van der Waals surface area contributed by atoms with Crippen molar-refractivity contribution in [3.63, 3.8) is 0 Å². The predicted octanol–water partition coefficient (Wildman–Crippen LogP) is 3.98. The monoisotopic (exact) mass is 399 g/mol. The number of thioether (sulfide) groups is 1. The smallest absolute Gasteiger partial charge is 0.277 e. The Balaban J connectivity index is 1.54. The molecule has 1 N–H and O–H groups in total. The molecule has 8 heteroatoms. The molecule has 0 aliphatic rings. The molecule has 146 valence electrons. The Morgan fingerprint density at radius 3 is 2.43 bits per heavy atom. The largest absolute Gasteiger partial charge is 0.469 e. The van der Waals surface area contributed by atoms with Gasteiger partial charge in [-0.15, -0.1) is 10.2 Å². The Kier molecular flexibility index (Phi) is 5.69. The van der Waals surface area contributed by atoms with Gasteiger partial charge >= 0.3 is 0 Å². The second-order valence-electron chi connectivity index (χ2n) is 7.26. The fourth-order valence-electron chi connectivity index (χ4n) is 2.47. The minimum absolute atomic E-state index is 0.000600. The zero-order valence-corrected chi connectivity index (χ0v) is 16.9. The highest BCUT2D eigenvalue weighted by Crippen LogP contribution is 2.26. The van der Waals surface area contributed by atoms with E-state index in [-0.39, 0.29) is 16.4 Å². The van der Waals surface area contributed by atoms with E-state index in [2.05, 4.69) is 36.3 Å². The molecule has 1 aromatic carbocycles. The van der Waals surface area contributed by atoms with Crippen LogP contribution in [0.2, 0.25) is 0 Å². The molecule has 0 spiro atoms. The molecule has 0 saturated carbocycles. The highest BCUT2D eigenvalue weighted by molar-refractivity contribution is 7.99. The molecule has 0 fully saturated rings. The Hall–Kier alpha value is -2.87. The van der Waals surface area contributed by atoms with Crippen LogP contribution in [0.1, 0.15) is 42.5 Å². The molecule has 3 rings (SSSR count). The van der Waals surface area contributed by atoms with Crippen LogP contribution in [-0.4, -0.2) is 27.8 Å². The molecule has 0 bridgehead atoms. The minimum atomic E-state index is -0.439. The average Bonchev–Trinajstić information content (AvgIpc) is 3.28. The van der Waals surface area contributed by atoms with Gasteiger partial charge in [0.1, 0.15) is 5.76 Å². The molecule has 0 aliphatic carbocycles. The van der Waals surface area contributed by atoms with Gasteiger partial charge in [-0.1, -0.05) is 44.7 Å². The van der Waals surface area contributed by atoms with Crippen molar-refractivity contribution in [2.45, 2.75) is 38.3 Å². The topological polar surface area (TPSA) is 98.2 Å². The van der Waals surface area contributed by atoms with E-state index in [0.29, 0.717) is 22.8 Å². The third kappa shape index (κ3) is 4.69. The molecule has 0 aliphatic heterocycles. The SMILES string of the molecule is Cc1occc1-c1nnc(SCC(=O)NC(=O)c2ccc(C(C)(C)C)cc2)o1. The summed E-state index contributed by atoms with van der Waals surface area (Å²) in [5.41, 5.74) is 2.25. The van der Waals surface area contributed by atoms with Gasteiger partial charge in [-0.3, -0.25) is 14.9 Å². The number of nitrogens with zero attached hydrogens (tertiary/aromatic N) is 2. The van der Waals surface area contributed by atoms with Crippen LogP contribution < -0.4 is 5.32 Å². The first kappa shape index (κ1) is 19.9. The van der Waals surface area contributed by atoms with E-state index in [1.807, 2.05) is 12.1 Å². The van der Waals surface area contributed by atoms with Crippen molar-refractivity contribution in [3.8, 4) is 11.5 Å². The molecule has 3 aromatic rings. The molecule has 2 aromatic heterocycles. The maximum Gasteiger partial charge on any atom is 0.277 e. The van der Waals surface area contributed by atoms with Crippen LogP contribution in [0.3, 0.4) is 0 Å². The summed E-state index contributed by atoms with van der Waals surface area (Å²) in [7, 11) is 0. The van der Waals surface area contributed by atoms with E-state index in [1.54, 1.807) is 25.1 Å². The van der Waals surface area contributed by atoms with Crippen LogP contribution in [0.5, 0.6) is 0 Å². The quantitative estimate of drug-likeness (QED) is 0.648. The van der Waals surface area contributed by atoms with Crippen LogP contribution >= 0.6 is 11.8 Å². The van der Waals surface area contributed by atoms with E-state index in [0.717, 1.165) is 17.3 Å². The van der Waals surface area contributed by atoms with Crippen molar-refractivity contribution < 1.29 is 18.4 Å². The molecule has 28 heavy (non-hydrogen) atoms. The van der Waals surface area contributed by atoms with Crippen LogP contribution in [0.15, 0.2) is 50.7 Å². The number of imide groups is 1. The van der Waals surface area contributed by atoms with Gasteiger partial charge in [-0.25, -0.2) is 0 Å². The summed E-state index contributed by atoms with van der Waals surface area (Å²) in [5, 5.41) is 10.4. The number of carbonyl (C=O) groups excluding carboxylic acids is 2. The number of aromatic nitrogens is 2. The van der Waals surface area contributed by atoms with E-state index in [9.17, 15) is 9.59 Å². The van der Waals surface area contributed by atoms with Gasteiger partial charge in [0, 0.05) is 5.56 Å². The fourth-order valence-corrected chi connectivity index (χ4v) is 3.03. The Labute approximate surface area is 166 Å². The first-order valence-corrected chi connectivity index (χ1v) is 9.68. The van der Waals surface area contributed by atoms with Crippen molar-refractivity contribution in [2.24, 2.45) is 0 Å². The fraction of sp³-hybridized carbons (Fsp3) is 0.300. The predicted molar refractivity (Wildman–Crippen MR) is 105 cm³/mol. The number of hydrogen-bond acceptors (Lipinski definition) is 7. The number of amides is 2. The van der Waals surface area contributed by atoms with E-state index < -0.39 is 11.8 Å². The lowest BCUT2D eigenvalue weighted by Gasteiger charge is -2.18. The molecule has 7 nitrogen and oxygen atoms in total. The molecule has 0 radical (unpaired) electrons. The zero-order chi connectivity index (χ0) is 20.3. The van der Waals surface area contributed by atoms with Gasteiger partial charge < -0.3 is 8.83 Å². The molecule has 2 amide bonds. The number of furan rings is 1. The van der Waals surface area contributed by atoms with Gasteiger partial charge in [0.2, 0.25) is 5.91 Å². The van der Waals surface area contributed by atoms with Gasteiger partial charge in [-0.2, -0.15) is 0 Å². The standard InChI is InChI=1S/C20H21N3O4S/c1-12-15(9-10-26-12)18-22-23-19(27-18)28-11-16(24)21-17(25)13-5-7-14(8-6-13)20(2,3)4/h5-10H,11H2,1-4H3,(H,21,24,25). The minimum Gasteiger partial charge on any atom is -0.469 e. The van der Waals surface area contributed by atoms with Crippen LogP contribution in [0.25, 0.3) is 11.5 Å². The lowest BCUT2D eigenvalue weighted by molar-refractivity contribution is -0.117. The first-order chi connectivity index (χ1) is 13.2. The summed E-state index contributed by atoms with van der Waals surface area (Å²) in [6.07, 6.45) is 1.54. The Morgan fingerprint density at radius 2 is 1.82 bits per heavy atom. The highest BCUT2D eigenvalue weighted by atomic mass is 32.2. The van der Waals surface area contributed by atoms with Crippen molar-refractivity contribution in [3.05, 3.63) is 53.5 Å². The molecule has 0 unspecified atom stereocenters. The van der Waals surface area contributed by atoms with Crippen LogP contribution in [0, 0.1) is 6.92 Å². The molecular weight excluding hydrogens is 378 g/mol. The van der Waals surface area contributed by atoms with Crippen molar-refractivity contribution in [1.29, 1.82) is 0 Å². The second-order valence-corrected chi connectivity index (χ2v) is 8.18. The molecular formula is C20H21N3O4S. The summed E-state index contributed by atoms with van der Waals surface area (Å²) in [4.78, 5) is 24.3. The number of benzene rings is 1. The van der Waals surface area contributed by atoms with E-state index >= 15 is 0 Å². The second kappa shape index (κ2) is 8.02. The van der Waals surface area contributed by atoms with Crippen molar-refractivity contribution in [2.75, 3.05) is 5.75 Å². The number of rotatable bonds is 5. The lowest BCUT2D eigenvalue weighted by Crippen LogP contribution is -2.31. The number of hydrogen-bond donors (Lipinski definition) is 1. The number of carbonyl (C=O) groups is 2. The van der Waals surface area contributed by atoms with Crippen molar-refractivity contribution >= 4 is 23.6 Å². The number of nitrogens with one attached hydrogen (secondary N) is 1. The third-order valence-electron chi connectivity index (χ3n) is 4.09. The normalized spacial score (nSPS) is 11.4.